The van der Waals surface area contributed by atoms with E-state index in [-0.39, 0.29) is 6.09 Å². The van der Waals surface area contributed by atoms with Crippen LogP contribution in [0.5, 0.6) is 0 Å². The van der Waals surface area contributed by atoms with Gasteiger partial charge in [-0.1, -0.05) is 24.3 Å². The lowest BCUT2D eigenvalue weighted by Crippen LogP contribution is -2.49. The number of hydrogen-bond acceptors (Lipinski definition) is 9. The number of aromatic nitrogens is 2. The molecule has 0 unspecified atom stereocenters. The summed E-state index contributed by atoms with van der Waals surface area (Å²) in [4.78, 5) is 21.6. The molecule has 10 heteroatoms. The number of unbranched alkanes of at least 4 members (excludes halogenated alkanes) is 1. The Kier molecular flexibility index (Phi) is 7.38. The largest absolute Gasteiger partial charge is 0.449 e. The average Bonchev–Trinajstić information content (AvgIpc) is 3.58. The van der Waals surface area contributed by atoms with Crippen LogP contribution >= 0.6 is 23.1 Å². The fraction of sp³-hybridized carbons (Fsp3) is 0.444. The van der Waals surface area contributed by atoms with Crippen molar-refractivity contribution >= 4 is 61.0 Å². The second-order valence-electron chi connectivity index (χ2n) is 9.63. The summed E-state index contributed by atoms with van der Waals surface area (Å²) < 4.78 is 17.4. The molecule has 2 aromatic carbocycles. The maximum Gasteiger partial charge on any atom is 0.409 e. The Morgan fingerprint density at radius 3 is 1.86 bits per heavy atom. The fourth-order valence-electron chi connectivity index (χ4n) is 5.17. The summed E-state index contributed by atoms with van der Waals surface area (Å²) in [6, 6.07) is 16.8. The number of carbonyl (C=O) groups excluding carboxylic acids is 1. The van der Waals surface area contributed by atoms with Crippen molar-refractivity contribution in [2.24, 2.45) is 0 Å². The SMILES string of the molecule is O=C(OCCCCN1CCN(c2nsc3ccccc23)CC1)N1CCN(c2nsc3ccccc23)CC1. The van der Waals surface area contributed by atoms with Gasteiger partial charge in [-0.05, 0) is 66.7 Å². The number of anilines is 2. The number of carbonyl (C=O) groups is 1. The minimum atomic E-state index is -0.188. The van der Waals surface area contributed by atoms with Crippen LogP contribution in [0, 0.1) is 0 Å². The van der Waals surface area contributed by atoms with Gasteiger partial charge in [-0.15, -0.1) is 0 Å². The summed E-state index contributed by atoms with van der Waals surface area (Å²) >= 11 is 3.12. The van der Waals surface area contributed by atoms with E-state index in [9.17, 15) is 4.79 Å². The molecule has 0 aliphatic carbocycles. The van der Waals surface area contributed by atoms with Crippen molar-refractivity contribution in [3.63, 3.8) is 0 Å². The van der Waals surface area contributed by atoms with Gasteiger partial charge in [-0.3, -0.25) is 4.90 Å². The van der Waals surface area contributed by atoms with Crippen LogP contribution in [0.1, 0.15) is 12.8 Å². The Bertz CT molecular complexity index is 1340. The smallest absolute Gasteiger partial charge is 0.409 e. The molecular formula is C27H32N6O2S2. The van der Waals surface area contributed by atoms with Crippen LogP contribution in [0.25, 0.3) is 20.2 Å². The summed E-state index contributed by atoms with van der Waals surface area (Å²) in [5, 5.41) is 2.46. The minimum absolute atomic E-state index is 0.188. The van der Waals surface area contributed by atoms with Gasteiger partial charge in [0.05, 0.1) is 16.0 Å². The molecule has 8 nitrogen and oxygen atoms in total. The monoisotopic (exact) mass is 536 g/mol. The van der Waals surface area contributed by atoms with Gasteiger partial charge in [0.15, 0.2) is 0 Å². The number of piperazine rings is 2. The average molecular weight is 537 g/mol. The van der Waals surface area contributed by atoms with Gasteiger partial charge in [0.25, 0.3) is 0 Å². The molecule has 0 N–H and O–H groups in total. The lowest BCUT2D eigenvalue weighted by Gasteiger charge is -2.35. The van der Waals surface area contributed by atoms with E-state index in [0.29, 0.717) is 19.7 Å². The number of benzene rings is 2. The van der Waals surface area contributed by atoms with Crippen molar-refractivity contribution in [1.82, 2.24) is 18.5 Å². The Morgan fingerprint density at radius 2 is 1.27 bits per heavy atom. The number of ether oxygens (including phenoxy) is 1. The molecule has 2 aromatic heterocycles. The third kappa shape index (κ3) is 5.37. The topological polar surface area (TPSA) is 65.0 Å². The van der Waals surface area contributed by atoms with E-state index in [0.717, 1.165) is 70.3 Å². The highest BCUT2D eigenvalue weighted by atomic mass is 32.1. The van der Waals surface area contributed by atoms with Crippen molar-refractivity contribution in [2.75, 3.05) is 75.3 Å². The molecule has 6 rings (SSSR count). The van der Waals surface area contributed by atoms with E-state index in [1.807, 2.05) is 11.0 Å². The first-order valence-electron chi connectivity index (χ1n) is 13.1. The zero-order valence-electron chi connectivity index (χ0n) is 20.9. The highest BCUT2D eigenvalue weighted by Gasteiger charge is 2.25. The van der Waals surface area contributed by atoms with E-state index < -0.39 is 0 Å². The van der Waals surface area contributed by atoms with Crippen molar-refractivity contribution < 1.29 is 9.53 Å². The lowest BCUT2D eigenvalue weighted by atomic mass is 10.2. The van der Waals surface area contributed by atoms with E-state index in [2.05, 4.69) is 61.5 Å². The molecule has 2 aliphatic heterocycles. The summed E-state index contributed by atoms with van der Waals surface area (Å²) in [6.07, 6.45) is 1.75. The highest BCUT2D eigenvalue weighted by Crippen LogP contribution is 2.31. The number of nitrogens with zero attached hydrogens (tertiary/aromatic N) is 6. The van der Waals surface area contributed by atoms with Crippen LogP contribution in [-0.2, 0) is 4.74 Å². The van der Waals surface area contributed by atoms with E-state index in [4.69, 9.17) is 9.11 Å². The second kappa shape index (κ2) is 11.2. The maximum atomic E-state index is 12.6. The Morgan fingerprint density at radius 1 is 0.730 bits per heavy atom. The predicted molar refractivity (Wildman–Crippen MR) is 152 cm³/mol. The quantitative estimate of drug-likeness (QED) is 0.315. The number of fused-ring (bicyclic) bond motifs is 2. The molecule has 37 heavy (non-hydrogen) atoms. The molecule has 0 radical (unpaired) electrons. The Balaban J connectivity index is 0.875. The zero-order chi connectivity index (χ0) is 25.0. The molecule has 2 saturated heterocycles. The lowest BCUT2D eigenvalue weighted by molar-refractivity contribution is 0.0974. The molecular weight excluding hydrogens is 504 g/mol. The van der Waals surface area contributed by atoms with Gasteiger partial charge in [-0.25, -0.2) is 4.79 Å². The standard InChI is InChI=1S/C27H32N6O2S2/c34-27(33-18-16-32(17-19-33)26-22-8-2-4-10-24(22)37-29-26)35-20-6-5-11-30-12-14-31(15-13-30)25-21-7-1-3-9-23(21)36-28-25/h1-4,7-10H,5-6,11-20H2. The van der Waals surface area contributed by atoms with Gasteiger partial charge < -0.3 is 19.4 Å². The Hall–Kier alpha value is -2.95. The number of amides is 1. The van der Waals surface area contributed by atoms with Gasteiger partial charge in [0.2, 0.25) is 0 Å². The van der Waals surface area contributed by atoms with Crippen LogP contribution in [-0.4, -0.2) is 90.1 Å². The molecule has 2 fully saturated rings. The van der Waals surface area contributed by atoms with Crippen LogP contribution in [0.15, 0.2) is 48.5 Å². The zero-order valence-corrected chi connectivity index (χ0v) is 22.6. The first-order valence-corrected chi connectivity index (χ1v) is 14.6. The number of hydrogen-bond donors (Lipinski definition) is 0. The summed E-state index contributed by atoms with van der Waals surface area (Å²) in [6.45, 7) is 8.54. The van der Waals surface area contributed by atoms with Gasteiger partial charge in [-0.2, -0.15) is 8.75 Å². The third-order valence-corrected chi connectivity index (χ3v) is 8.95. The van der Waals surface area contributed by atoms with Crippen molar-refractivity contribution in [3.8, 4) is 0 Å². The van der Waals surface area contributed by atoms with Gasteiger partial charge in [0.1, 0.15) is 11.6 Å². The molecule has 0 bridgehead atoms. The first kappa shape index (κ1) is 24.4. The van der Waals surface area contributed by atoms with Crippen LogP contribution in [0.4, 0.5) is 16.4 Å². The molecule has 2 aliphatic rings. The number of rotatable bonds is 7. The predicted octanol–water partition coefficient (Wildman–Crippen LogP) is 4.77. The minimum Gasteiger partial charge on any atom is -0.449 e. The summed E-state index contributed by atoms with van der Waals surface area (Å²) in [5.41, 5.74) is 0. The Labute approximate surface area is 225 Å². The second-order valence-corrected chi connectivity index (χ2v) is 11.2. The molecule has 0 atom stereocenters. The summed E-state index contributed by atoms with van der Waals surface area (Å²) in [5.74, 6) is 2.17. The van der Waals surface area contributed by atoms with Gasteiger partial charge >= 0.3 is 6.09 Å². The van der Waals surface area contributed by atoms with Crippen molar-refractivity contribution in [3.05, 3.63) is 48.5 Å². The van der Waals surface area contributed by atoms with Gasteiger partial charge in [0, 0.05) is 63.1 Å². The highest BCUT2D eigenvalue weighted by molar-refractivity contribution is 7.14. The van der Waals surface area contributed by atoms with E-state index in [1.165, 1.54) is 31.7 Å². The molecule has 4 heterocycles. The molecule has 4 aromatic rings. The molecule has 194 valence electrons. The van der Waals surface area contributed by atoms with E-state index >= 15 is 0 Å². The molecule has 1 amide bonds. The summed E-state index contributed by atoms with van der Waals surface area (Å²) in [7, 11) is 0. The fourth-order valence-corrected chi connectivity index (χ4v) is 6.77. The molecule has 0 spiro atoms. The van der Waals surface area contributed by atoms with Crippen molar-refractivity contribution in [1.29, 1.82) is 0 Å². The van der Waals surface area contributed by atoms with Crippen molar-refractivity contribution in [2.45, 2.75) is 12.8 Å². The van der Waals surface area contributed by atoms with Crippen LogP contribution in [0.2, 0.25) is 0 Å². The normalized spacial score (nSPS) is 17.1. The van der Waals surface area contributed by atoms with Crippen LogP contribution < -0.4 is 9.80 Å². The maximum absolute atomic E-state index is 12.6. The van der Waals surface area contributed by atoms with Crippen LogP contribution in [0.3, 0.4) is 0 Å². The first-order chi connectivity index (χ1) is 18.3. The van der Waals surface area contributed by atoms with E-state index in [1.54, 1.807) is 11.5 Å². The molecule has 0 saturated carbocycles. The third-order valence-electron chi connectivity index (χ3n) is 7.32.